The number of piperidine rings is 1. The summed E-state index contributed by atoms with van der Waals surface area (Å²) in [5, 5.41) is 0. The first-order valence-corrected chi connectivity index (χ1v) is 8.01. The second-order valence-electron chi connectivity index (χ2n) is 7.08. The lowest BCUT2D eigenvalue weighted by atomic mass is 10.0. The fraction of sp³-hybridized carbons (Fsp3) is 0.706. The number of ether oxygens (including phenoxy) is 1. The molecule has 0 N–H and O–H groups in total. The molecule has 0 aliphatic carbocycles. The summed E-state index contributed by atoms with van der Waals surface area (Å²) in [4.78, 5) is 16.4. The van der Waals surface area contributed by atoms with Gasteiger partial charge in [-0.05, 0) is 59.7 Å². The number of amides is 1. The molecule has 124 valence electrons. The van der Waals surface area contributed by atoms with Crippen LogP contribution in [0.1, 0.15) is 52.3 Å². The van der Waals surface area contributed by atoms with E-state index in [4.69, 9.17) is 9.15 Å². The molecule has 2 heterocycles. The highest BCUT2D eigenvalue weighted by molar-refractivity contribution is 5.68. The number of nitrogens with zero attached hydrogens (tertiary/aromatic N) is 2. The van der Waals surface area contributed by atoms with E-state index in [1.54, 1.807) is 6.26 Å². The zero-order valence-corrected chi connectivity index (χ0v) is 14.3. The predicted octanol–water partition coefficient (Wildman–Crippen LogP) is 3.67. The van der Waals surface area contributed by atoms with E-state index in [0.29, 0.717) is 12.6 Å². The molecule has 2 atom stereocenters. The normalized spacial score (nSPS) is 21.0. The quantitative estimate of drug-likeness (QED) is 0.854. The van der Waals surface area contributed by atoms with E-state index in [1.165, 1.54) is 0 Å². The SMILES string of the molecule is CC(c1ccco1)N(C)C1CCCN(C(=O)OC(C)(C)C)C1. The Balaban J connectivity index is 1.96. The fourth-order valence-electron chi connectivity index (χ4n) is 2.83. The number of carbonyl (C=O) groups is 1. The maximum atomic E-state index is 12.2. The molecule has 2 unspecified atom stereocenters. The van der Waals surface area contributed by atoms with Crippen molar-refractivity contribution in [2.24, 2.45) is 0 Å². The van der Waals surface area contributed by atoms with E-state index >= 15 is 0 Å². The van der Waals surface area contributed by atoms with Gasteiger partial charge in [-0.25, -0.2) is 4.79 Å². The highest BCUT2D eigenvalue weighted by Crippen LogP contribution is 2.26. The predicted molar refractivity (Wildman–Crippen MR) is 85.7 cm³/mol. The molecule has 5 heteroatoms. The van der Waals surface area contributed by atoms with E-state index in [9.17, 15) is 4.79 Å². The van der Waals surface area contributed by atoms with Crippen molar-refractivity contribution in [3.8, 4) is 0 Å². The van der Waals surface area contributed by atoms with Crippen molar-refractivity contribution in [2.75, 3.05) is 20.1 Å². The number of hydrogen-bond acceptors (Lipinski definition) is 4. The number of rotatable bonds is 3. The monoisotopic (exact) mass is 308 g/mol. The van der Waals surface area contributed by atoms with Crippen LogP contribution >= 0.6 is 0 Å². The minimum atomic E-state index is -0.447. The summed E-state index contributed by atoms with van der Waals surface area (Å²) in [5.74, 6) is 0.955. The zero-order valence-electron chi connectivity index (χ0n) is 14.3. The third-order valence-electron chi connectivity index (χ3n) is 4.19. The first kappa shape index (κ1) is 16.9. The minimum absolute atomic E-state index is 0.193. The first-order valence-electron chi connectivity index (χ1n) is 8.01. The molecule has 5 nitrogen and oxygen atoms in total. The Labute approximate surface area is 133 Å². The van der Waals surface area contributed by atoms with Crippen LogP contribution in [0.25, 0.3) is 0 Å². The molecule has 1 aromatic heterocycles. The van der Waals surface area contributed by atoms with E-state index in [1.807, 2.05) is 37.8 Å². The number of furan rings is 1. The lowest BCUT2D eigenvalue weighted by molar-refractivity contribution is 0.00898. The number of likely N-dealkylation sites (N-methyl/N-ethyl adjacent to an activating group) is 1. The molecule has 1 aromatic rings. The van der Waals surface area contributed by atoms with Crippen molar-refractivity contribution in [1.82, 2.24) is 9.80 Å². The summed E-state index contributed by atoms with van der Waals surface area (Å²) in [5.41, 5.74) is -0.447. The summed E-state index contributed by atoms with van der Waals surface area (Å²) in [6, 6.07) is 4.42. The van der Waals surface area contributed by atoms with Gasteiger partial charge in [0.25, 0.3) is 0 Å². The second-order valence-corrected chi connectivity index (χ2v) is 7.08. The average Bonchev–Trinajstić information content (AvgIpc) is 2.98. The van der Waals surface area contributed by atoms with Gasteiger partial charge in [0, 0.05) is 19.1 Å². The van der Waals surface area contributed by atoms with Gasteiger partial charge in [-0.1, -0.05) is 0 Å². The van der Waals surface area contributed by atoms with Gasteiger partial charge in [0.1, 0.15) is 11.4 Å². The summed E-state index contributed by atoms with van der Waals surface area (Å²) in [6.07, 6.45) is 3.57. The molecule has 1 aliphatic rings. The Morgan fingerprint density at radius 3 is 2.82 bits per heavy atom. The molecular weight excluding hydrogens is 280 g/mol. The first-order chi connectivity index (χ1) is 10.3. The van der Waals surface area contributed by atoms with Gasteiger partial charge in [-0.2, -0.15) is 0 Å². The summed E-state index contributed by atoms with van der Waals surface area (Å²) in [7, 11) is 2.09. The van der Waals surface area contributed by atoms with Gasteiger partial charge in [0.15, 0.2) is 0 Å². The molecule has 1 amide bonds. The fourth-order valence-corrected chi connectivity index (χ4v) is 2.83. The van der Waals surface area contributed by atoms with E-state index in [-0.39, 0.29) is 12.1 Å². The minimum Gasteiger partial charge on any atom is -0.468 e. The van der Waals surface area contributed by atoms with Gasteiger partial charge in [0.2, 0.25) is 0 Å². The van der Waals surface area contributed by atoms with Crippen LogP contribution in [0.2, 0.25) is 0 Å². The number of likely N-dealkylation sites (tertiary alicyclic amines) is 1. The smallest absolute Gasteiger partial charge is 0.410 e. The molecule has 0 bridgehead atoms. The van der Waals surface area contributed by atoms with Crippen LogP contribution in [-0.4, -0.2) is 47.7 Å². The van der Waals surface area contributed by atoms with Crippen LogP contribution < -0.4 is 0 Å². The lowest BCUT2D eigenvalue weighted by Gasteiger charge is -2.40. The Bertz CT molecular complexity index is 479. The maximum Gasteiger partial charge on any atom is 0.410 e. The van der Waals surface area contributed by atoms with Crippen molar-refractivity contribution in [3.63, 3.8) is 0 Å². The maximum absolute atomic E-state index is 12.2. The third kappa shape index (κ3) is 4.26. The van der Waals surface area contributed by atoms with Crippen LogP contribution in [0, 0.1) is 0 Å². The molecule has 1 aliphatic heterocycles. The molecule has 0 radical (unpaired) electrons. The Morgan fingerprint density at radius 1 is 1.50 bits per heavy atom. The van der Waals surface area contributed by atoms with Gasteiger partial charge < -0.3 is 14.1 Å². The van der Waals surface area contributed by atoms with Crippen LogP contribution in [0.4, 0.5) is 4.79 Å². The Morgan fingerprint density at radius 2 is 2.23 bits per heavy atom. The molecule has 1 saturated heterocycles. The van der Waals surface area contributed by atoms with Gasteiger partial charge in [0.05, 0.1) is 12.3 Å². The largest absolute Gasteiger partial charge is 0.468 e. The standard InChI is InChI=1S/C17H28N2O3/c1-13(15-9-7-11-21-15)18(5)14-8-6-10-19(12-14)16(20)22-17(2,3)4/h7,9,11,13-14H,6,8,10,12H2,1-5H3. The Kier molecular flexibility index (Phi) is 5.16. The van der Waals surface area contributed by atoms with Crippen LogP contribution in [-0.2, 0) is 4.74 Å². The molecule has 1 fully saturated rings. The van der Waals surface area contributed by atoms with Gasteiger partial charge in [-0.3, -0.25) is 4.90 Å². The molecular formula is C17H28N2O3. The van der Waals surface area contributed by atoms with Crippen molar-refractivity contribution < 1.29 is 13.9 Å². The zero-order chi connectivity index (χ0) is 16.3. The topological polar surface area (TPSA) is 45.9 Å². The lowest BCUT2D eigenvalue weighted by Crippen LogP contribution is -2.50. The molecule has 0 aromatic carbocycles. The molecule has 0 saturated carbocycles. The molecule has 0 spiro atoms. The van der Waals surface area contributed by atoms with Crippen LogP contribution in [0.5, 0.6) is 0 Å². The molecule has 2 rings (SSSR count). The van der Waals surface area contributed by atoms with E-state index in [0.717, 1.165) is 25.1 Å². The van der Waals surface area contributed by atoms with Crippen LogP contribution in [0.15, 0.2) is 22.8 Å². The summed E-state index contributed by atoms with van der Waals surface area (Å²) >= 11 is 0. The number of carbonyl (C=O) groups excluding carboxylic acids is 1. The van der Waals surface area contributed by atoms with Crippen LogP contribution in [0.3, 0.4) is 0 Å². The highest BCUT2D eigenvalue weighted by Gasteiger charge is 2.31. The third-order valence-corrected chi connectivity index (χ3v) is 4.19. The van der Waals surface area contributed by atoms with Crippen molar-refractivity contribution in [3.05, 3.63) is 24.2 Å². The molecule has 22 heavy (non-hydrogen) atoms. The summed E-state index contributed by atoms with van der Waals surface area (Å²) in [6.45, 7) is 9.31. The second kappa shape index (κ2) is 6.73. The number of hydrogen-bond donors (Lipinski definition) is 0. The average molecular weight is 308 g/mol. The van der Waals surface area contributed by atoms with Gasteiger partial charge >= 0.3 is 6.09 Å². The van der Waals surface area contributed by atoms with Crippen molar-refractivity contribution >= 4 is 6.09 Å². The Hall–Kier alpha value is -1.49. The van der Waals surface area contributed by atoms with E-state index in [2.05, 4.69) is 18.9 Å². The van der Waals surface area contributed by atoms with Crippen molar-refractivity contribution in [2.45, 2.75) is 58.2 Å². The van der Waals surface area contributed by atoms with E-state index < -0.39 is 5.60 Å². The van der Waals surface area contributed by atoms with Gasteiger partial charge in [-0.15, -0.1) is 0 Å². The highest BCUT2D eigenvalue weighted by atomic mass is 16.6. The van der Waals surface area contributed by atoms with Crippen molar-refractivity contribution in [1.29, 1.82) is 0 Å². The summed E-state index contributed by atoms with van der Waals surface area (Å²) < 4.78 is 11.0.